The third-order valence-electron chi connectivity index (χ3n) is 2.40. The van der Waals surface area contributed by atoms with Crippen molar-refractivity contribution < 1.29 is 9.53 Å². The fourth-order valence-corrected chi connectivity index (χ4v) is 1.98. The number of aryl methyl sites for hydroxylation is 1. The van der Waals surface area contributed by atoms with Gasteiger partial charge in [0.2, 0.25) is 0 Å². The largest absolute Gasteiger partial charge is 0.468 e. The molecule has 0 aliphatic heterocycles. The van der Waals surface area contributed by atoms with Crippen LogP contribution in [0.1, 0.15) is 13.3 Å². The van der Waals surface area contributed by atoms with Crippen LogP contribution in [0.2, 0.25) is 0 Å². The van der Waals surface area contributed by atoms with E-state index < -0.39 is 22.0 Å². The zero-order chi connectivity index (χ0) is 13.7. The first-order chi connectivity index (χ1) is 8.51. The SMILES string of the molecule is CCCn1ccc(=O)n(CC(Br)C(=O)OC)c1=O. The van der Waals surface area contributed by atoms with Gasteiger partial charge in [-0.2, -0.15) is 0 Å². The topological polar surface area (TPSA) is 70.3 Å². The molecular formula is C11H15BrN2O4. The van der Waals surface area contributed by atoms with Gasteiger partial charge in [0.05, 0.1) is 13.7 Å². The minimum atomic E-state index is -0.717. The van der Waals surface area contributed by atoms with E-state index >= 15 is 0 Å². The highest BCUT2D eigenvalue weighted by molar-refractivity contribution is 9.10. The molecule has 7 heteroatoms. The van der Waals surface area contributed by atoms with Crippen molar-refractivity contribution in [1.82, 2.24) is 9.13 Å². The Bertz CT molecular complexity index is 535. The molecule has 0 spiro atoms. The number of alkyl halides is 1. The number of esters is 1. The number of hydrogen-bond acceptors (Lipinski definition) is 4. The van der Waals surface area contributed by atoms with Gasteiger partial charge in [0.1, 0.15) is 4.83 Å². The van der Waals surface area contributed by atoms with E-state index in [0.717, 1.165) is 11.0 Å². The number of rotatable bonds is 5. The Balaban J connectivity index is 3.08. The second-order valence-corrected chi connectivity index (χ2v) is 4.84. The minimum Gasteiger partial charge on any atom is -0.468 e. The quantitative estimate of drug-likeness (QED) is 0.580. The Morgan fingerprint density at radius 2 is 2.17 bits per heavy atom. The molecule has 1 heterocycles. The van der Waals surface area contributed by atoms with E-state index in [1.807, 2.05) is 6.92 Å². The first kappa shape index (κ1) is 14.7. The number of carbonyl (C=O) groups excluding carboxylic acids is 1. The first-order valence-electron chi connectivity index (χ1n) is 5.53. The molecule has 1 unspecified atom stereocenters. The van der Waals surface area contributed by atoms with Crippen molar-refractivity contribution in [2.24, 2.45) is 0 Å². The van der Waals surface area contributed by atoms with Crippen molar-refractivity contribution in [2.75, 3.05) is 7.11 Å². The maximum atomic E-state index is 12.0. The molecular weight excluding hydrogens is 304 g/mol. The number of nitrogens with zero attached hydrogens (tertiary/aromatic N) is 2. The van der Waals surface area contributed by atoms with Gasteiger partial charge in [-0.3, -0.25) is 14.2 Å². The molecule has 0 bridgehead atoms. The standard InChI is InChI=1S/C11H15BrN2O4/c1-3-5-13-6-4-9(15)14(11(13)17)7-8(12)10(16)18-2/h4,6,8H,3,5,7H2,1-2H3. The number of carbonyl (C=O) groups is 1. The first-order valence-corrected chi connectivity index (χ1v) is 6.45. The van der Waals surface area contributed by atoms with Gasteiger partial charge >= 0.3 is 11.7 Å². The van der Waals surface area contributed by atoms with E-state index in [-0.39, 0.29) is 6.54 Å². The molecule has 0 fully saturated rings. The van der Waals surface area contributed by atoms with Crippen LogP contribution in [0.25, 0.3) is 0 Å². The molecule has 1 rings (SSSR count). The van der Waals surface area contributed by atoms with Crippen molar-refractivity contribution in [3.8, 4) is 0 Å². The third kappa shape index (κ3) is 3.32. The summed E-state index contributed by atoms with van der Waals surface area (Å²) in [5.74, 6) is -0.521. The van der Waals surface area contributed by atoms with E-state index in [9.17, 15) is 14.4 Å². The Morgan fingerprint density at radius 1 is 1.50 bits per heavy atom. The molecule has 0 saturated carbocycles. The molecule has 0 aliphatic carbocycles. The summed E-state index contributed by atoms with van der Waals surface area (Å²) in [6, 6.07) is 1.31. The van der Waals surface area contributed by atoms with Crippen molar-refractivity contribution in [3.63, 3.8) is 0 Å². The molecule has 0 aromatic carbocycles. The van der Waals surface area contributed by atoms with Crippen molar-refractivity contribution in [2.45, 2.75) is 31.3 Å². The summed E-state index contributed by atoms with van der Waals surface area (Å²) < 4.78 is 6.99. The number of methoxy groups -OCH3 is 1. The average molecular weight is 319 g/mol. The fourth-order valence-electron chi connectivity index (χ4n) is 1.50. The molecule has 18 heavy (non-hydrogen) atoms. The second kappa shape index (κ2) is 6.53. The lowest BCUT2D eigenvalue weighted by atomic mass is 10.4. The van der Waals surface area contributed by atoms with Crippen LogP contribution in [-0.2, 0) is 22.6 Å². The zero-order valence-corrected chi connectivity index (χ0v) is 11.8. The van der Waals surface area contributed by atoms with Crippen LogP contribution < -0.4 is 11.2 Å². The summed E-state index contributed by atoms with van der Waals surface area (Å²) in [6.07, 6.45) is 2.25. The van der Waals surface area contributed by atoms with Gasteiger partial charge in [0.25, 0.3) is 5.56 Å². The van der Waals surface area contributed by atoms with E-state index in [0.29, 0.717) is 6.54 Å². The maximum absolute atomic E-state index is 12.0. The Morgan fingerprint density at radius 3 is 2.72 bits per heavy atom. The molecule has 1 aromatic rings. The Hall–Kier alpha value is -1.37. The predicted molar refractivity (Wildman–Crippen MR) is 70.0 cm³/mol. The van der Waals surface area contributed by atoms with Gasteiger partial charge in [0.15, 0.2) is 0 Å². The van der Waals surface area contributed by atoms with Crippen LogP contribution in [0.15, 0.2) is 21.9 Å². The minimum absolute atomic E-state index is 0.0467. The van der Waals surface area contributed by atoms with Crippen molar-refractivity contribution in [1.29, 1.82) is 0 Å². The molecule has 0 radical (unpaired) electrons. The van der Waals surface area contributed by atoms with E-state index in [4.69, 9.17) is 0 Å². The van der Waals surface area contributed by atoms with Crippen LogP contribution in [0.5, 0.6) is 0 Å². The third-order valence-corrected chi connectivity index (χ3v) is 3.07. The number of ether oxygens (including phenoxy) is 1. The van der Waals surface area contributed by atoms with Gasteiger partial charge in [-0.1, -0.05) is 22.9 Å². The van der Waals surface area contributed by atoms with Crippen LogP contribution in [0, 0.1) is 0 Å². The van der Waals surface area contributed by atoms with E-state index in [1.165, 1.54) is 23.9 Å². The van der Waals surface area contributed by atoms with Gasteiger partial charge in [-0.25, -0.2) is 4.79 Å². The summed E-state index contributed by atoms with van der Waals surface area (Å²) in [5, 5.41) is 0. The smallest absolute Gasteiger partial charge is 0.331 e. The molecule has 0 amide bonds. The summed E-state index contributed by atoms with van der Waals surface area (Å²) in [6.45, 7) is 2.42. The average Bonchev–Trinajstić information content (AvgIpc) is 2.36. The second-order valence-electron chi connectivity index (χ2n) is 3.73. The molecule has 6 nitrogen and oxygen atoms in total. The van der Waals surface area contributed by atoms with Crippen LogP contribution in [0.3, 0.4) is 0 Å². The lowest BCUT2D eigenvalue weighted by molar-refractivity contribution is -0.140. The van der Waals surface area contributed by atoms with E-state index in [2.05, 4.69) is 20.7 Å². The molecule has 0 saturated heterocycles. The molecule has 1 aromatic heterocycles. The molecule has 100 valence electrons. The fraction of sp³-hybridized carbons (Fsp3) is 0.545. The monoisotopic (exact) mass is 318 g/mol. The van der Waals surface area contributed by atoms with Crippen LogP contribution in [0.4, 0.5) is 0 Å². The summed E-state index contributed by atoms with van der Waals surface area (Å²) in [7, 11) is 1.25. The van der Waals surface area contributed by atoms with Crippen molar-refractivity contribution >= 4 is 21.9 Å². The van der Waals surface area contributed by atoms with Crippen LogP contribution in [-0.4, -0.2) is 27.0 Å². The lowest BCUT2D eigenvalue weighted by Gasteiger charge is -2.11. The Labute approximate surface area is 112 Å². The highest BCUT2D eigenvalue weighted by atomic mass is 79.9. The van der Waals surface area contributed by atoms with Gasteiger partial charge < -0.3 is 9.30 Å². The Kier molecular flexibility index (Phi) is 5.33. The van der Waals surface area contributed by atoms with Crippen LogP contribution >= 0.6 is 15.9 Å². The molecule has 0 aliphatic rings. The van der Waals surface area contributed by atoms with Gasteiger partial charge in [0, 0.05) is 18.8 Å². The summed E-state index contributed by atoms with van der Waals surface area (Å²) in [5.41, 5.74) is -0.849. The summed E-state index contributed by atoms with van der Waals surface area (Å²) >= 11 is 3.09. The van der Waals surface area contributed by atoms with Crippen molar-refractivity contribution in [3.05, 3.63) is 33.1 Å². The highest BCUT2D eigenvalue weighted by Gasteiger charge is 2.18. The number of aromatic nitrogens is 2. The molecule has 1 atom stereocenters. The van der Waals surface area contributed by atoms with Gasteiger partial charge in [-0.15, -0.1) is 0 Å². The maximum Gasteiger partial charge on any atom is 0.331 e. The van der Waals surface area contributed by atoms with E-state index in [1.54, 1.807) is 0 Å². The van der Waals surface area contributed by atoms with Gasteiger partial charge in [-0.05, 0) is 6.42 Å². The number of hydrogen-bond donors (Lipinski definition) is 0. The lowest BCUT2D eigenvalue weighted by Crippen LogP contribution is -2.42. The number of halogens is 1. The zero-order valence-electron chi connectivity index (χ0n) is 10.3. The highest BCUT2D eigenvalue weighted by Crippen LogP contribution is 2.03. The normalized spacial score (nSPS) is 12.2. The molecule has 0 N–H and O–H groups in total. The summed E-state index contributed by atoms with van der Waals surface area (Å²) in [4.78, 5) is 34.1. The predicted octanol–water partition coefficient (Wildman–Crippen LogP) is 0.357.